The van der Waals surface area contributed by atoms with E-state index < -0.39 is 10.0 Å². The molecule has 4 aromatic heterocycles. The maximum Gasteiger partial charge on any atom is 0.255 e. The highest BCUT2D eigenvalue weighted by Crippen LogP contribution is 2.41. The zero-order valence-corrected chi connectivity index (χ0v) is 24.7. The van der Waals surface area contributed by atoms with Crippen molar-refractivity contribution in [3.63, 3.8) is 0 Å². The Morgan fingerprint density at radius 1 is 0.952 bits per heavy atom. The van der Waals surface area contributed by atoms with E-state index in [0.717, 1.165) is 39.9 Å². The summed E-state index contributed by atoms with van der Waals surface area (Å²) in [6.07, 6.45) is 8.42. The molecule has 0 saturated heterocycles. The number of carbonyl (C=O) groups excluding carboxylic acids is 1. The van der Waals surface area contributed by atoms with E-state index >= 15 is 0 Å². The van der Waals surface area contributed by atoms with Gasteiger partial charge in [0, 0.05) is 72.6 Å². The van der Waals surface area contributed by atoms with E-state index in [-0.39, 0.29) is 5.91 Å². The molecule has 0 spiro atoms. The summed E-state index contributed by atoms with van der Waals surface area (Å²) in [5.41, 5.74) is 7.60. The lowest BCUT2D eigenvalue weighted by molar-refractivity contribution is 0.0964. The summed E-state index contributed by atoms with van der Waals surface area (Å²) in [5.74, 6) is 0.0905. The van der Waals surface area contributed by atoms with E-state index in [1.165, 1.54) is 11.4 Å². The highest BCUT2D eigenvalue weighted by atomic mass is 32.2. The standard InChI is InChI=1S/C32H29N5O4S/c1-19-6-8-21(9-7-19)31-30(32(38)33-3)25-14-24(27(15-28(25)41-31)36(4)42(5,39)40)22-13-23(17-34-16-22)26-18-37-11-10-20(2)12-29(37)35-26/h6-18H,1-5H3,(H,33,38). The Morgan fingerprint density at radius 2 is 1.69 bits per heavy atom. The van der Waals surface area contributed by atoms with Crippen LogP contribution in [0.5, 0.6) is 0 Å². The number of fused-ring (bicyclic) bond motifs is 2. The Bertz CT molecular complexity index is 2110. The number of carbonyl (C=O) groups is 1. The maximum atomic E-state index is 13.2. The molecule has 6 aromatic rings. The number of pyridine rings is 2. The number of nitrogens with one attached hydrogen (secondary N) is 1. The molecule has 42 heavy (non-hydrogen) atoms. The van der Waals surface area contributed by atoms with E-state index in [9.17, 15) is 13.2 Å². The lowest BCUT2D eigenvalue weighted by Crippen LogP contribution is -2.25. The third-order valence-electron chi connectivity index (χ3n) is 7.37. The van der Waals surface area contributed by atoms with Crippen LogP contribution in [0, 0.1) is 13.8 Å². The van der Waals surface area contributed by atoms with Gasteiger partial charge in [0.15, 0.2) is 0 Å². The van der Waals surface area contributed by atoms with Gasteiger partial charge in [0.05, 0.1) is 23.2 Å². The zero-order valence-electron chi connectivity index (χ0n) is 23.8. The number of nitrogens with zero attached hydrogens (tertiary/aromatic N) is 4. The van der Waals surface area contributed by atoms with Crippen LogP contribution in [0.1, 0.15) is 21.5 Å². The van der Waals surface area contributed by atoms with Crippen molar-refractivity contribution in [1.29, 1.82) is 0 Å². The number of aromatic nitrogens is 3. The number of rotatable bonds is 6. The molecule has 0 atom stereocenters. The van der Waals surface area contributed by atoms with Crippen molar-refractivity contribution < 1.29 is 17.6 Å². The summed E-state index contributed by atoms with van der Waals surface area (Å²) in [6.45, 7) is 4.00. The highest BCUT2D eigenvalue weighted by molar-refractivity contribution is 7.92. The molecule has 0 radical (unpaired) electrons. The second-order valence-electron chi connectivity index (χ2n) is 10.4. The van der Waals surface area contributed by atoms with Crippen molar-refractivity contribution in [1.82, 2.24) is 19.7 Å². The number of anilines is 1. The van der Waals surface area contributed by atoms with Gasteiger partial charge >= 0.3 is 0 Å². The quantitative estimate of drug-likeness (QED) is 0.265. The van der Waals surface area contributed by atoms with Gasteiger partial charge in [0.1, 0.15) is 17.0 Å². The summed E-state index contributed by atoms with van der Waals surface area (Å²) >= 11 is 0. The Morgan fingerprint density at radius 3 is 2.40 bits per heavy atom. The van der Waals surface area contributed by atoms with E-state index in [2.05, 4.69) is 10.3 Å². The largest absolute Gasteiger partial charge is 0.455 e. The lowest BCUT2D eigenvalue weighted by atomic mass is 9.98. The first kappa shape index (κ1) is 27.2. The van der Waals surface area contributed by atoms with Gasteiger partial charge in [0.2, 0.25) is 10.0 Å². The molecule has 6 rings (SSSR count). The van der Waals surface area contributed by atoms with Gasteiger partial charge in [-0.05, 0) is 43.7 Å². The number of hydrogen-bond donors (Lipinski definition) is 1. The summed E-state index contributed by atoms with van der Waals surface area (Å²) in [4.78, 5) is 22.5. The van der Waals surface area contributed by atoms with E-state index in [0.29, 0.717) is 39.1 Å². The maximum absolute atomic E-state index is 13.2. The Hall–Kier alpha value is -4.96. The molecule has 0 fully saturated rings. The predicted octanol–water partition coefficient (Wildman–Crippen LogP) is 5.85. The van der Waals surface area contributed by atoms with Crippen LogP contribution in [0.3, 0.4) is 0 Å². The molecule has 2 aromatic carbocycles. The first-order valence-electron chi connectivity index (χ1n) is 13.3. The molecule has 10 heteroatoms. The molecule has 1 N–H and O–H groups in total. The molecular formula is C32H29N5O4S. The predicted molar refractivity (Wildman–Crippen MR) is 165 cm³/mol. The average molecular weight is 580 g/mol. The van der Waals surface area contributed by atoms with Crippen molar-refractivity contribution >= 4 is 38.2 Å². The number of amides is 1. The second-order valence-corrected chi connectivity index (χ2v) is 12.4. The van der Waals surface area contributed by atoms with Crippen LogP contribution in [0.15, 0.2) is 83.8 Å². The summed E-state index contributed by atoms with van der Waals surface area (Å²) in [5, 5.41) is 3.28. The van der Waals surface area contributed by atoms with Gasteiger partial charge in [-0.2, -0.15) is 0 Å². The molecule has 0 aliphatic carbocycles. The molecule has 0 aliphatic rings. The molecule has 9 nitrogen and oxygen atoms in total. The van der Waals surface area contributed by atoms with Crippen LogP contribution in [0.25, 0.3) is 50.3 Å². The molecule has 0 bridgehead atoms. The second kappa shape index (κ2) is 10.1. The van der Waals surface area contributed by atoms with Crippen LogP contribution in [0.4, 0.5) is 5.69 Å². The average Bonchev–Trinajstić information content (AvgIpc) is 3.56. The van der Waals surface area contributed by atoms with Gasteiger partial charge in [0.25, 0.3) is 5.91 Å². The van der Waals surface area contributed by atoms with E-state index in [1.807, 2.05) is 73.1 Å². The van der Waals surface area contributed by atoms with E-state index in [4.69, 9.17) is 9.40 Å². The fraction of sp³-hybridized carbons (Fsp3) is 0.156. The Balaban J connectivity index is 1.60. The minimum atomic E-state index is -3.64. The number of hydrogen-bond acceptors (Lipinski definition) is 6. The first-order chi connectivity index (χ1) is 20.0. The summed E-state index contributed by atoms with van der Waals surface area (Å²) < 4.78 is 34.9. The number of aryl methyl sites for hydroxylation is 2. The van der Waals surface area contributed by atoms with Crippen molar-refractivity contribution in [2.24, 2.45) is 0 Å². The lowest BCUT2D eigenvalue weighted by Gasteiger charge is -2.20. The van der Waals surface area contributed by atoms with Gasteiger partial charge in [-0.25, -0.2) is 13.4 Å². The van der Waals surface area contributed by atoms with Crippen molar-refractivity contribution in [3.05, 3.63) is 96.1 Å². The smallest absolute Gasteiger partial charge is 0.255 e. The van der Waals surface area contributed by atoms with Crippen LogP contribution in [-0.2, 0) is 10.0 Å². The van der Waals surface area contributed by atoms with Crippen LogP contribution >= 0.6 is 0 Å². The topological polar surface area (TPSA) is 110 Å². The number of imidazole rings is 1. The van der Waals surface area contributed by atoms with Gasteiger partial charge in [-0.15, -0.1) is 0 Å². The third kappa shape index (κ3) is 4.79. The number of sulfonamides is 1. The van der Waals surface area contributed by atoms with Crippen molar-refractivity contribution in [2.75, 3.05) is 24.7 Å². The number of benzene rings is 2. The fourth-order valence-electron chi connectivity index (χ4n) is 5.01. The Labute approximate surface area is 243 Å². The molecular weight excluding hydrogens is 550 g/mol. The highest BCUT2D eigenvalue weighted by Gasteiger charge is 2.26. The van der Waals surface area contributed by atoms with Crippen molar-refractivity contribution in [3.8, 4) is 33.7 Å². The summed E-state index contributed by atoms with van der Waals surface area (Å²) in [6, 6.07) is 17.1. The van der Waals surface area contributed by atoms with Gasteiger partial charge in [-0.3, -0.25) is 14.1 Å². The monoisotopic (exact) mass is 579 g/mol. The van der Waals surface area contributed by atoms with Crippen LogP contribution in [-0.4, -0.2) is 49.0 Å². The molecule has 0 aliphatic heterocycles. The minimum absolute atomic E-state index is 0.314. The summed E-state index contributed by atoms with van der Waals surface area (Å²) in [7, 11) is -0.586. The number of furan rings is 1. The third-order valence-corrected chi connectivity index (χ3v) is 8.56. The van der Waals surface area contributed by atoms with E-state index in [1.54, 1.807) is 31.6 Å². The minimum Gasteiger partial charge on any atom is -0.455 e. The van der Waals surface area contributed by atoms with Gasteiger partial charge in [-0.1, -0.05) is 29.8 Å². The van der Waals surface area contributed by atoms with Gasteiger partial charge < -0.3 is 14.1 Å². The van der Waals surface area contributed by atoms with Crippen LogP contribution in [0.2, 0.25) is 0 Å². The van der Waals surface area contributed by atoms with Crippen molar-refractivity contribution in [2.45, 2.75) is 13.8 Å². The normalized spacial score (nSPS) is 11.7. The molecule has 1 amide bonds. The SMILES string of the molecule is CNC(=O)c1c(-c2ccc(C)cc2)oc2cc(N(C)S(C)(=O)=O)c(-c3cncc(-c4cn5ccc(C)cc5n4)c3)cc12. The first-order valence-corrected chi connectivity index (χ1v) is 15.1. The van der Waals surface area contributed by atoms with Crippen LogP contribution < -0.4 is 9.62 Å². The molecule has 212 valence electrons. The Kier molecular flexibility index (Phi) is 6.58. The fourth-order valence-corrected chi connectivity index (χ4v) is 5.52. The zero-order chi connectivity index (χ0) is 29.8. The molecule has 0 unspecified atom stereocenters. The molecule has 0 saturated carbocycles. The molecule has 4 heterocycles.